The highest BCUT2D eigenvalue weighted by Gasteiger charge is 2.32. The Morgan fingerprint density at radius 2 is 1.96 bits per heavy atom. The summed E-state index contributed by atoms with van der Waals surface area (Å²) in [4.78, 5) is 17.5. The predicted molar refractivity (Wildman–Crippen MR) is 99.8 cm³/mol. The van der Waals surface area contributed by atoms with Gasteiger partial charge in [0.05, 0.1) is 5.57 Å². The molecule has 0 saturated heterocycles. The molecule has 3 heteroatoms. The summed E-state index contributed by atoms with van der Waals surface area (Å²) < 4.78 is 0. The number of hydrogen-bond acceptors (Lipinski definition) is 3. The van der Waals surface area contributed by atoms with Gasteiger partial charge in [0.15, 0.2) is 5.78 Å². The van der Waals surface area contributed by atoms with Gasteiger partial charge >= 0.3 is 0 Å². The summed E-state index contributed by atoms with van der Waals surface area (Å²) in [6.45, 7) is 6.24. The van der Waals surface area contributed by atoms with Crippen LogP contribution >= 0.6 is 0 Å². The Morgan fingerprint density at radius 3 is 2.58 bits per heavy atom. The second-order valence-corrected chi connectivity index (χ2v) is 6.70. The van der Waals surface area contributed by atoms with E-state index in [9.17, 15) is 9.90 Å². The van der Waals surface area contributed by atoms with Gasteiger partial charge in [0.2, 0.25) is 0 Å². The molecular weight excluding hydrogens is 298 g/mol. The normalized spacial score (nSPS) is 23.4. The van der Waals surface area contributed by atoms with Gasteiger partial charge < -0.3 is 5.11 Å². The number of aliphatic hydroxyl groups is 1. The Kier molecular flexibility index (Phi) is 6.77. The van der Waals surface area contributed by atoms with Gasteiger partial charge in [0.25, 0.3) is 0 Å². The van der Waals surface area contributed by atoms with E-state index in [1.54, 1.807) is 0 Å². The first kappa shape index (κ1) is 18.4. The molecule has 0 heterocycles. The number of hydrogen-bond donors (Lipinski definition) is 1. The summed E-state index contributed by atoms with van der Waals surface area (Å²) in [5.74, 6) is 0.422. The first-order valence-electron chi connectivity index (χ1n) is 9.14. The standard InChI is InChI=1S/C21H29NO2/c1-4-6-12-19(23)21-18(22-15(3)5-2)13-17(14-20(21)24)16-10-8-7-9-11-16/h7-11,15,17,23H,4-6,12-14H2,1-3H3/b21-19+,22-18?. The van der Waals surface area contributed by atoms with E-state index in [4.69, 9.17) is 4.99 Å². The molecule has 0 aliphatic heterocycles. The van der Waals surface area contributed by atoms with E-state index >= 15 is 0 Å². The van der Waals surface area contributed by atoms with Crippen LogP contribution in [0.4, 0.5) is 0 Å². The van der Waals surface area contributed by atoms with Crippen molar-refractivity contribution in [2.75, 3.05) is 0 Å². The van der Waals surface area contributed by atoms with Crippen LogP contribution < -0.4 is 0 Å². The van der Waals surface area contributed by atoms with E-state index in [-0.39, 0.29) is 23.5 Å². The average molecular weight is 327 g/mol. The van der Waals surface area contributed by atoms with E-state index in [1.807, 2.05) is 18.2 Å². The van der Waals surface area contributed by atoms with Gasteiger partial charge in [-0.05, 0) is 37.7 Å². The highest BCUT2D eigenvalue weighted by molar-refractivity contribution is 6.24. The molecule has 0 aromatic heterocycles. The molecule has 1 saturated carbocycles. The maximum absolute atomic E-state index is 12.8. The zero-order valence-electron chi connectivity index (χ0n) is 15.1. The van der Waals surface area contributed by atoms with Crippen molar-refractivity contribution in [1.29, 1.82) is 0 Å². The molecule has 0 amide bonds. The van der Waals surface area contributed by atoms with Crippen molar-refractivity contribution in [2.45, 2.75) is 71.3 Å². The number of aliphatic imine (C=N–C) groups is 1. The topological polar surface area (TPSA) is 49.7 Å². The zero-order chi connectivity index (χ0) is 17.5. The van der Waals surface area contributed by atoms with E-state index < -0.39 is 0 Å². The van der Waals surface area contributed by atoms with Crippen molar-refractivity contribution < 1.29 is 9.90 Å². The summed E-state index contributed by atoms with van der Waals surface area (Å²) in [5, 5.41) is 10.5. The van der Waals surface area contributed by atoms with Crippen molar-refractivity contribution in [1.82, 2.24) is 0 Å². The van der Waals surface area contributed by atoms with Crippen LogP contribution in [0.1, 0.15) is 70.8 Å². The van der Waals surface area contributed by atoms with Gasteiger partial charge in [0.1, 0.15) is 5.76 Å². The number of carbonyl (C=O) groups excluding carboxylic acids is 1. The van der Waals surface area contributed by atoms with Crippen molar-refractivity contribution >= 4 is 11.5 Å². The van der Waals surface area contributed by atoms with Crippen LogP contribution in [0, 0.1) is 0 Å². The third-order valence-electron chi connectivity index (χ3n) is 4.73. The molecule has 1 aromatic carbocycles. The number of aliphatic hydroxyl groups excluding tert-OH is 1. The van der Waals surface area contributed by atoms with Crippen LogP contribution in [0.25, 0.3) is 0 Å². The quantitative estimate of drug-likeness (QED) is 0.563. The molecule has 2 rings (SSSR count). The molecular formula is C21H29NO2. The van der Waals surface area contributed by atoms with Crippen molar-refractivity contribution in [3.8, 4) is 0 Å². The lowest BCUT2D eigenvalue weighted by molar-refractivity contribution is -0.116. The molecule has 1 aliphatic rings. The number of nitrogens with zero attached hydrogens (tertiary/aromatic N) is 1. The molecule has 130 valence electrons. The van der Waals surface area contributed by atoms with Gasteiger partial charge in [-0.2, -0.15) is 0 Å². The Labute approximate surface area is 145 Å². The zero-order valence-corrected chi connectivity index (χ0v) is 15.1. The van der Waals surface area contributed by atoms with Gasteiger partial charge in [-0.25, -0.2) is 0 Å². The third-order valence-corrected chi connectivity index (χ3v) is 4.73. The fourth-order valence-electron chi connectivity index (χ4n) is 3.13. The molecule has 0 spiro atoms. The first-order valence-corrected chi connectivity index (χ1v) is 9.14. The number of benzene rings is 1. The lowest BCUT2D eigenvalue weighted by atomic mass is 9.78. The Balaban J connectivity index is 2.35. The third kappa shape index (κ3) is 4.56. The highest BCUT2D eigenvalue weighted by Crippen LogP contribution is 2.34. The minimum absolute atomic E-state index is 0.0331. The van der Waals surface area contributed by atoms with E-state index in [0.717, 1.165) is 31.4 Å². The molecule has 0 radical (unpaired) electrons. The molecule has 3 nitrogen and oxygen atoms in total. The Bertz CT molecular complexity index is 616. The molecule has 2 unspecified atom stereocenters. The summed E-state index contributed by atoms with van der Waals surface area (Å²) in [6, 6.07) is 10.3. The molecule has 24 heavy (non-hydrogen) atoms. The summed E-state index contributed by atoms with van der Waals surface area (Å²) in [6.07, 6.45) is 4.56. The lowest BCUT2D eigenvalue weighted by Gasteiger charge is -2.26. The predicted octanol–water partition coefficient (Wildman–Crippen LogP) is 5.37. The van der Waals surface area contributed by atoms with Crippen molar-refractivity contribution in [2.24, 2.45) is 4.99 Å². The first-order chi connectivity index (χ1) is 11.6. The average Bonchev–Trinajstić information content (AvgIpc) is 2.60. The number of rotatable bonds is 6. The monoisotopic (exact) mass is 327 g/mol. The maximum Gasteiger partial charge on any atom is 0.168 e. The largest absolute Gasteiger partial charge is 0.511 e. The minimum atomic E-state index is 0.0331. The Morgan fingerprint density at radius 1 is 1.25 bits per heavy atom. The van der Waals surface area contributed by atoms with E-state index in [0.29, 0.717) is 18.4 Å². The Hall–Kier alpha value is -1.90. The van der Waals surface area contributed by atoms with Crippen LogP contribution in [0.3, 0.4) is 0 Å². The molecule has 0 bridgehead atoms. The fraction of sp³-hybridized carbons (Fsp3) is 0.524. The second-order valence-electron chi connectivity index (χ2n) is 6.70. The number of ketones is 1. The van der Waals surface area contributed by atoms with Crippen LogP contribution in [-0.2, 0) is 4.79 Å². The van der Waals surface area contributed by atoms with Crippen LogP contribution in [0.15, 0.2) is 46.7 Å². The van der Waals surface area contributed by atoms with Gasteiger partial charge in [-0.15, -0.1) is 0 Å². The summed E-state index contributed by atoms with van der Waals surface area (Å²) in [5.41, 5.74) is 2.47. The van der Waals surface area contributed by atoms with E-state index in [1.165, 1.54) is 5.56 Å². The van der Waals surface area contributed by atoms with Crippen molar-refractivity contribution in [3.63, 3.8) is 0 Å². The number of unbranched alkanes of at least 4 members (excludes halogenated alkanes) is 1. The van der Waals surface area contributed by atoms with Crippen LogP contribution in [-0.4, -0.2) is 22.6 Å². The highest BCUT2D eigenvalue weighted by atomic mass is 16.3. The summed E-state index contributed by atoms with van der Waals surface area (Å²) in [7, 11) is 0. The SMILES string of the molecule is CCCC/C(O)=C1\C(=O)CC(c2ccccc2)CC1=NC(C)CC. The van der Waals surface area contributed by atoms with Gasteiger partial charge in [-0.1, -0.05) is 50.6 Å². The number of allylic oxidation sites excluding steroid dienone is 2. The summed E-state index contributed by atoms with van der Waals surface area (Å²) >= 11 is 0. The van der Waals surface area contributed by atoms with Gasteiger partial charge in [0, 0.05) is 24.6 Å². The smallest absolute Gasteiger partial charge is 0.168 e. The minimum Gasteiger partial charge on any atom is -0.511 e. The van der Waals surface area contributed by atoms with Crippen LogP contribution in [0.2, 0.25) is 0 Å². The molecule has 2 atom stereocenters. The lowest BCUT2D eigenvalue weighted by Crippen LogP contribution is -2.27. The molecule has 1 fully saturated rings. The maximum atomic E-state index is 12.8. The molecule has 1 N–H and O–H groups in total. The molecule has 1 aromatic rings. The number of Topliss-reactive ketones (excluding diaryl/α,β-unsaturated/α-hetero) is 1. The fourth-order valence-corrected chi connectivity index (χ4v) is 3.13. The molecule has 1 aliphatic carbocycles. The number of carbonyl (C=O) groups is 1. The second kappa shape index (κ2) is 8.81. The van der Waals surface area contributed by atoms with Gasteiger partial charge in [-0.3, -0.25) is 9.79 Å². The van der Waals surface area contributed by atoms with E-state index in [2.05, 4.69) is 32.9 Å². The van der Waals surface area contributed by atoms with Crippen LogP contribution in [0.5, 0.6) is 0 Å². The van der Waals surface area contributed by atoms with Crippen molar-refractivity contribution in [3.05, 3.63) is 47.2 Å².